The summed E-state index contributed by atoms with van der Waals surface area (Å²) in [5.74, 6) is -1.41. The van der Waals surface area contributed by atoms with Crippen molar-refractivity contribution in [1.29, 1.82) is 0 Å². The van der Waals surface area contributed by atoms with Gasteiger partial charge in [-0.05, 0) is 55.0 Å². The molecule has 1 aliphatic heterocycles. The minimum atomic E-state index is -0.970. The predicted octanol–water partition coefficient (Wildman–Crippen LogP) is 6.10. The summed E-state index contributed by atoms with van der Waals surface area (Å²) < 4.78 is 8.18. The van der Waals surface area contributed by atoms with Crippen LogP contribution in [0, 0.1) is 6.92 Å². The van der Waals surface area contributed by atoms with Gasteiger partial charge in [0.15, 0.2) is 10.9 Å². The van der Waals surface area contributed by atoms with Crippen molar-refractivity contribution in [3.63, 3.8) is 0 Å². The predicted molar refractivity (Wildman–Crippen MR) is 151 cm³/mol. The van der Waals surface area contributed by atoms with Gasteiger partial charge in [0.25, 0.3) is 5.78 Å². The summed E-state index contributed by atoms with van der Waals surface area (Å²) in [5, 5.41) is 12.5. The lowest BCUT2D eigenvalue weighted by Gasteiger charge is -2.23. The molecule has 0 spiro atoms. The topological polar surface area (TPSA) is 97.0 Å². The second-order valence-corrected chi connectivity index (χ2v) is 10.4. The number of thiazole rings is 1. The number of Topliss-reactive ketones (excluding diaryl/α,β-unsaturated/α-hetero) is 1. The van der Waals surface area contributed by atoms with Gasteiger partial charge in [-0.1, -0.05) is 53.8 Å². The van der Waals surface area contributed by atoms with E-state index in [-0.39, 0.29) is 17.9 Å². The summed E-state index contributed by atoms with van der Waals surface area (Å²) in [6.07, 6.45) is 3.37. The number of halogens is 1. The van der Waals surface area contributed by atoms with E-state index >= 15 is 0 Å². The Morgan fingerprint density at radius 3 is 2.82 bits per heavy atom. The van der Waals surface area contributed by atoms with E-state index in [1.807, 2.05) is 6.07 Å². The minimum absolute atomic E-state index is 0.0630. The van der Waals surface area contributed by atoms with Crippen LogP contribution < -0.4 is 9.64 Å². The first-order valence-corrected chi connectivity index (χ1v) is 13.2. The maximum absolute atomic E-state index is 13.7. The summed E-state index contributed by atoms with van der Waals surface area (Å²) in [7, 11) is 0. The summed E-state index contributed by atoms with van der Waals surface area (Å²) >= 11 is 7.42. The molecule has 8 nitrogen and oxygen atoms in total. The van der Waals surface area contributed by atoms with Crippen LogP contribution in [0.1, 0.15) is 23.0 Å². The van der Waals surface area contributed by atoms with Crippen LogP contribution in [-0.4, -0.2) is 37.8 Å². The zero-order valence-corrected chi connectivity index (χ0v) is 22.2. The largest absolute Gasteiger partial charge is 0.505 e. The van der Waals surface area contributed by atoms with Gasteiger partial charge in [-0.2, -0.15) is 0 Å². The molecule has 3 aromatic heterocycles. The van der Waals surface area contributed by atoms with Crippen molar-refractivity contribution < 1.29 is 19.4 Å². The van der Waals surface area contributed by atoms with E-state index in [2.05, 4.69) is 16.5 Å². The van der Waals surface area contributed by atoms with E-state index in [1.54, 1.807) is 78.2 Å². The molecule has 1 N–H and O–H groups in total. The van der Waals surface area contributed by atoms with E-state index in [0.29, 0.717) is 44.0 Å². The van der Waals surface area contributed by atoms with E-state index in [1.165, 1.54) is 16.2 Å². The Kier molecular flexibility index (Phi) is 6.17. The van der Waals surface area contributed by atoms with Gasteiger partial charge in [-0.3, -0.25) is 18.9 Å². The van der Waals surface area contributed by atoms with Gasteiger partial charge in [0.2, 0.25) is 0 Å². The molecular formula is C29H21ClN4O4S. The average molecular weight is 557 g/mol. The van der Waals surface area contributed by atoms with Crippen LogP contribution in [0.2, 0.25) is 5.02 Å². The molecule has 1 fully saturated rings. The number of ketones is 1. The fourth-order valence-electron chi connectivity index (χ4n) is 4.79. The fraction of sp³-hybridized carbons (Fsp3) is 0.103. The normalized spacial score (nSPS) is 16.9. The van der Waals surface area contributed by atoms with Crippen molar-refractivity contribution in [2.75, 3.05) is 11.5 Å². The Balaban J connectivity index is 1.59. The molecule has 0 bridgehead atoms. The highest BCUT2D eigenvalue weighted by Crippen LogP contribution is 2.45. The van der Waals surface area contributed by atoms with Gasteiger partial charge in [-0.25, -0.2) is 9.97 Å². The Morgan fingerprint density at radius 2 is 2.00 bits per heavy atom. The van der Waals surface area contributed by atoms with Crippen molar-refractivity contribution in [2.45, 2.75) is 13.0 Å². The lowest BCUT2D eigenvalue weighted by molar-refractivity contribution is -0.132. The van der Waals surface area contributed by atoms with E-state index in [9.17, 15) is 14.7 Å². The third-order valence-electron chi connectivity index (χ3n) is 6.46. The Hall–Kier alpha value is -4.47. The molecule has 0 saturated carbocycles. The summed E-state index contributed by atoms with van der Waals surface area (Å²) in [6.45, 7) is 5.71. The van der Waals surface area contributed by atoms with E-state index < -0.39 is 17.7 Å². The molecule has 194 valence electrons. The number of pyridine rings is 1. The average Bonchev–Trinajstić information content (AvgIpc) is 3.57. The molecule has 1 unspecified atom stereocenters. The Morgan fingerprint density at radius 1 is 1.15 bits per heavy atom. The number of aryl methyl sites for hydroxylation is 1. The maximum Gasteiger partial charge on any atom is 0.301 e. The summed E-state index contributed by atoms with van der Waals surface area (Å²) in [6, 6.07) is 16.8. The third kappa shape index (κ3) is 4.16. The Labute approximate surface area is 232 Å². The molecule has 1 amide bonds. The zero-order chi connectivity index (χ0) is 27.3. The number of aliphatic hydroxyl groups excluding tert-OH is 1. The molecule has 1 aliphatic rings. The number of hydrogen-bond donors (Lipinski definition) is 1. The summed E-state index contributed by atoms with van der Waals surface area (Å²) in [4.78, 5) is 37.8. The molecule has 5 aromatic rings. The van der Waals surface area contributed by atoms with Gasteiger partial charge in [0, 0.05) is 11.2 Å². The zero-order valence-electron chi connectivity index (χ0n) is 20.7. The van der Waals surface area contributed by atoms with Gasteiger partial charge < -0.3 is 9.84 Å². The van der Waals surface area contributed by atoms with Crippen LogP contribution in [0.3, 0.4) is 0 Å². The fourth-order valence-corrected chi connectivity index (χ4v) is 6.06. The molecule has 0 radical (unpaired) electrons. The molecule has 2 aromatic carbocycles. The number of amides is 1. The molecular weight excluding hydrogens is 536 g/mol. The number of hydrogen-bond acceptors (Lipinski definition) is 7. The SMILES string of the molecule is C=CCOc1cccc(C2/C(=C(\O)c3c(C)nc4ccccn34)C(=O)C(=O)N2c2nc3ccc(Cl)cc3s2)c1. The number of aromatic nitrogens is 3. The second kappa shape index (κ2) is 9.68. The molecule has 10 heteroatoms. The van der Waals surface area contributed by atoms with Gasteiger partial charge >= 0.3 is 5.91 Å². The highest BCUT2D eigenvalue weighted by atomic mass is 35.5. The standard InChI is InChI=1S/C29H21ClN4O4S/c1-3-13-38-19-8-6-7-17(14-19)25-23(26(35)24-16(2)31-22-9-4-5-12-33(22)24)27(36)28(37)34(25)29-32-20-11-10-18(30)15-21(20)39-29/h3-12,14-15,25,35H,1,13H2,2H3/b26-23+. The number of carbonyl (C=O) groups excluding carboxylic acids is 2. The van der Waals surface area contributed by atoms with Crippen LogP contribution in [0.4, 0.5) is 5.13 Å². The first-order chi connectivity index (χ1) is 18.9. The Bertz CT molecular complexity index is 1840. The molecule has 1 saturated heterocycles. The van der Waals surface area contributed by atoms with Crippen LogP contribution in [0.5, 0.6) is 5.75 Å². The number of ether oxygens (including phenoxy) is 1. The van der Waals surface area contributed by atoms with Gasteiger partial charge in [0.05, 0.1) is 27.5 Å². The van der Waals surface area contributed by atoms with Crippen molar-refractivity contribution in [3.05, 3.63) is 107 Å². The van der Waals surface area contributed by atoms with Gasteiger partial charge in [0.1, 0.15) is 23.7 Å². The number of imidazole rings is 1. The number of fused-ring (bicyclic) bond motifs is 2. The highest BCUT2D eigenvalue weighted by molar-refractivity contribution is 7.22. The van der Waals surface area contributed by atoms with Crippen LogP contribution >= 0.6 is 22.9 Å². The van der Waals surface area contributed by atoms with Crippen LogP contribution in [0.15, 0.2) is 85.1 Å². The molecule has 0 aliphatic carbocycles. The van der Waals surface area contributed by atoms with Crippen molar-refractivity contribution in [3.8, 4) is 5.75 Å². The smallest absolute Gasteiger partial charge is 0.301 e. The number of anilines is 1. The molecule has 39 heavy (non-hydrogen) atoms. The highest BCUT2D eigenvalue weighted by Gasteiger charge is 2.48. The lowest BCUT2D eigenvalue weighted by Crippen LogP contribution is -2.29. The summed E-state index contributed by atoms with van der Waals surface area (Å²) in [5.41, 5.74) is 2.60. The van der Waals surface area contributed by atoms with E-state index in [4.69, 9.17) is 16.3 Å². The first kappa shape index (κ1) is 24.8. The quantitative estimate of drug-likeness (QED) is 0.117. The number of benzene rings is 2. The lowest BCUT2D eigenvalue weighted by atomic mass is 9.96. The molecule has 1 atom stereocenters. The first-order valence-electron chi connectivity index (χ1n) is 12.0. The van der Waals surface area contributed by atoms with E-state index in [0.717, 1.165) is 4.70 Å². The molecule has 4 heterocycles. The second-order valence-electron chi connectivity index (χ2n) is 8.92. The third-order valence-corrected chi connectivity index (χ3v) is 7.71. The minimum Gasteiger partial charge on any atom is -0.505 e. The number of nitrogens with zero attached hydrogens (tertiary/aromatic N) is 4. The van der Waals surface area contributed by atoms with Crippen LogP contribution in [0.25, 0.3) is 21.6 Å². The van der Waals surface area contributed by atoms with Crippen molar-refractivity contribution >= 4 is 61.4 Å². The monoisotopic (exact) mass is 556 g/mol. The van der Waals surface area contributed by atoms with Crippen molar-refractivity contribution in [1.82, 2.24) is 14.4 Å². The number of rotatable bonds is 6. The van der Waals surface area contributed by atoms with Crippen molar-refractivity contribution in [2.24, 2.45) is 0 Å². The van der Waals surface area contributed by atoms with Gasteiger partial charge in [-0.15, -0.1) is 0 Å². The van der Waals surface area contributed by atoms with Crippen LogP contribution in [-0.2, 0) is 9.59 Å². The molecule has 6 rings (SSSR count). The number of carbonyl (C=O) groups is 2. The maximum atomic E-state index is 13.7. The number of aliphatic hydroxyl groups is 1.